The molecule has 13 heavy (non-hydrogen) atoms. The highest BCUT2D eigenvalue weighted by molar-refractivity contribution is 6.61. The lowest BCUT2D eigenvalue weighted by molar-refractivity contribution is -0.112. The molecule has 0 unspecified atom stereocenters. The first-order chi connectivity index (χ1) is 6.25. The third kappa shape index (κ3) is 2.15. The molecule has 1 aromatic rings. The smallest absolute Gasteiger partial charge is 0.331 e. The number of pyridine rings is 1. The minimum atomic E-state index is -0.867. The Morgan fingerprint density at radius 1 is 1.38 bits per heavy atom. The summed E-state index contributed by atoms with van der Waals surface area (Å²) in [4.78, 5) is 28.2. The van der Waals surface area contributed by atoms with Gasteiger partial charge in [-0.05, 0) is 12.1 Å². The molecule has 0 aromatic carbocycles. The van der Waals surface area contributed by atoms with Crippen LogP contribution in [-0.2, 0) is 4.79 Å². The van der Waals surface area contributed by atoms with Crippen LogP contribution in [0.25, 0.3) is 5.53 Å². The van der Waals surface area contributed by atoms with Crippen molar-refractivity contribution in [3.05, 3.63) is 35.6 Å². The number of carbonyl (C=O) groups excluding carboxylic acids is 2. The lowest BCUT2D eigenvalue weighted by Gasteiger charge is -1.91. The maximum Gasteiger partial charge on any atom is 0.331 e. The normalized spacial score (nSPS) is 8.62. The van der Waals surface area contributed by atoms with E-state index in [1.54, 1.807) is 0 Å². The molecule has 0 amide bonds. The Bertz CT molecular complexity index is 380. The SMILES string of the molecule is [N-]=[N+]=CC(=O)C(=O)c1ccncc1. The van der Waals surface area contributed by atoms with Crippen LogP contribution in [0, 0.1) is 0 Å². The molecule has 0 aliphatic rings. The van der Waals surface area contributed by atoms with Crippen LogP contribution in [0.5, 0.6) is 0 Å². The van der Waals surface area contributed by atoms with Gasteiger partial charge in [-0.3, -0.25) is 14.6 Å². The first-order valence-electron chi connectivity index (χ1n) is 3.42. The van der Waals surface area contributed by atoms with Gasteiger partial charge in [0.2, 0.25) is 5.78 Å². The second-order valence-electron chi connectivity index (χ2n) is 2.17. The number of ketones is 2. The summed E-state index contributed by atoms with van der Waals surface area (Å²) in [5.74, 6) is -1.59. The molecule has 0 saturated heterocycles. The largest absolute Gasteiger partial charge is 0.361 e. The molecule has 0 aliphatic carbocycles. The van der Waals surface area contributed by atoms with E-state index in [2.05, 4.69) is 9.77 Å². The van der Waals surface area contributed by atoms with Gasteiger partial charge in [-0.25, -0.2) is 0 Å². The van der Waals surface area contributed by atoms with Crippen molar-refractivity contribution in [1.82, 2.24) is 4.98 Å². The van der Waals surface area contributed by atoms with E-state index in [-0.39, 0.29) is 5.56 Å². The number of hydrogen-bond acceptors (Lipinski definition) is 3. The van der Waals surface area contributed by atoms with Crippen LogP contribution in [0.4, 0.5) is 0 Å². The summed E-state index contributed by atoms with van der Waals surface area (Å²) in [6, 6.07) is 2.82. The van der Waals surface area contributed by atoms with Crippen LogP contribution in [0.3, 0.4) is 0 Å². The molecule has 0 fully saturated rings. The first-order valence-corrected chi connectivity index (χ1v) is 3.42. The zero-order chi connectivity index (χ0) is 9.68. The van der Waals surface area contributed by atoms with E-state index in [0.29, 0.717) is 6.21 Å². The second-order valence-corrected chi connectivity index (χ2v) is 2.17. The van der Waals surface area contributed by atoms with Crippen LogP contribution < -0.4 is 0 Å². The van der Waals surface area contributed by atoms with Crippen LogP contribution >= 0.6 is 0 Å². The maximum atomic E-state index is 11.2. The van der Waals surface area contributed by atoms with E-state index in [0.717, 1.165) is 0 Å². The summed E-state index contributed by atoms with van der Waals surface area (Å²) >= 11 is 0. The summed E-state index contributed by atoms with van der Waals surface area (Å²) in [7, 11) is 0. The van der Waals surface area contributed by atoms with E-state index in [4.69, 9.17) is 5.53 Å². The van der Waals surface area contributed by atoms with Crippen LogP contribution in [0.2, 0.25) is 0 Å². The zero-order valence-corrected chi connectivity index (χ0v) is 6.54. The monoisotopic (exact) mass is 175 g/mol. The highest BCUT2D eigenvalue weighted by Crippen LogP contribution is 1.97. The standard InChI is InChI=1S/C8H5N3O2/c9-11-5-7(12)8(13)6-1-3-10-4-2-6/h1-5H. The third-order valence-electron chi connectivity index (χ3n) is 1.34. The molecule has 0 bridgehead atoms. The van der Waals surface area contributed by atoms with Crippen molar-refractivity contribution in [2.45, 2.75) is 0 Å². The topological polar surface area (TPSA) is 83.4 Å². The molecule has 5 heteroatoms. The van der Waals surface area contributed by atoms with Gasteiger partial charge in [-0.2, -0.15) is 4.79 Å². The Morgan fingerprint density at radius 3 is 2.54 bits per heavy atom. The summed E-state index contributed by atoms with van der Waals surface area (Å²) in [6.45, 7) is 0. The fourth-order valence-electron chi connectivity index (χ4n) is 0.757. The van der Waals surface area contributed by atoms with Crippen molar-refractivity contribution in [2.24, 2.45) is 0 Å². The van der Waals surface area contributed by atoms with E-state index in [1.165, 1.54) is 24.5 Å². The van der Waals surface area contributed by atoms with Crippen molar-refractivity contribution in [3.8, 4) is 0 Å². The quantitative estimate of drug-likeness (QED) is 0.215. The highest BCUT2D eigenvalue weighted by Gasteiger charge is 2.16. The minimum Gasteiger partial charge on any atom is -0.361 e. The van der Waals surface area contributed by atoms with E-state index in [9.17, 15) is 9.59 Å². The average Bonchev–Trinajstić information content (AvgIpc) is 2.18. The second kappa shape index (κ2) is 4.04. The summed E-state index contributed by atoms with van der Waals surface area (Å²) in [5.41, 5.74) is 8.24. The summed E-state index contributed by atoms with van der Waals surface area (Å²) < 4.78 is 0. The van der Waals surface area contributed by atoms with Crippen molar-refractivity contribution in [2.75, 3.05) is 0 Å². The molecule has 0 aliphatic heterocycles. The Morgan fingerprint density at radius 2 is 2.00 bits per heavy atom. The molecule has 0 atom stereocenters. The van der Waals surface area contributed by atoms with Gasteiger partial charge in [0, 0.05) is 18.0 Å². The lowest BCUT2D eigenvalue weighted by Crippen LogP contribution is -2.15. The van der Waals surface area contributed by atoms with E-state index in [1.807, 2.05) is 0 Å². The van der Waals surface area contributed by atoms with Crippen LogP contribution in [0.15, 0.2) is 24.5 Å². The van der Waals surface area contributed by atoms with Gasteiger partial charge in [0.1, 0.15) is 0 Å². The van der Waals surface area contributed by atoms with Crippen molar-refractivity contribution in [3.63, 3.8) is 0 Å². The van der Waals surface area contributed by atoms with Gasteiger partial charge in [-0.1, -0.05) is 0 Å². The number of aromatic nitrogens is 1. The molecular weight excluding hydrogens is 170 g/mol. The molecule has 0 radical (unpaired) electrons. The van der Waals surface area contributed by atoms with E-state index < -0.39 is 11.6 Å². The van der Waals surface area contributed by atoms with E-state index >= 15 is 0 Å². The Balaban J connectivity index is 2.92. The maximum absolute atomic E-state index is 11.2. The molecule has 1 rings (SSSR count). The molecule has 0 spiro atoms. The lowest BCUT2D eigenvalue weighted by atomic mass is 10.1. The van der Waals surface area contributed by atoms with Gasteiger partial charge >= 0.3 is 12.0 Å². The Hall–Kier alpha value is -2.13. The van der Waals surface area contributed by atoms with Gasteiger partial charge in [0.15, 0.2) is 0 Å². The molecule has 0 N–H and O–H groups in total. The van der Waals surface area contributed by atoms with Crippen molar-refractivity contribution in [1.29, 1.82) is 0 Å². The molecular formula is C8H5N3O2. The average molecular weight is 175 g/mol. The van der Waals surface area contributed by atoms with Crippen LogP contribution in [0.1, 0.15) is 10.4 Å². The molecule has 1 aromatic heterocycles. The van der Waals surface area contributed by atoms with Crippen molar-refractivity contribution >= 4 is 17.8 Å². The third-order valence-corrected chi connectivity index (χ3v) is 1.34. The Labute approximate surface area is 73.7 Å². The van der Waals surface area contributed by atoms with Gasteiger partial charge in [0.25, 0.3) is 0 Å². The predicted molar refractivity (Wildman–Crippen MR) is 43.3 cm³/mol. The zero-order valence-electron chi connectivity index (χ0n) is 6.54. The van der Waals surface area contributed by atoms with Gasteiger partial charge < -0.3 is 5.53 Å². The van der Waals surface area contributed by atoms with Crippen molar-refractivity contribution < 1.29 is 14.4 Å². The minimum absolute atomic E-state index is 0.222. The van der Waals surface area contributed by atoms with Gasteiger partial charge in [0.05, 0.1) is 0 Å². The molecule has 5 nitrogen and oxygen atoms in total. The summed E-state index contributed by atoms with van der Waals surface area (Å²) in [5, 5.41) is 0. The number of nitrogens with zero attached hydrogens (tertiary/aromatic N) is 3. The molecule has 1 heterocycles. The number of Topliss-reactive ketones (excluding diaryl/α,β-unsaturated/α-hetero) is 2. The number of rotatable bonds is 3. The Kier molecular flexibility index (Phi) is 2.78. The highest BCUT2D eigenvalue weighted by atomic mass is 16.2. The number of carbonyl (C=O) groups is 2. The van der Waals surface area contributed by atoms with Gasteiger partial charge in [-0.15, -0.1) is 0 Å². The first kappa shape index (κ1) is 8.96. The fraction of sp³-hybridized carbons (Fsp3) is 0. The molecule has 64 valence electrons. The van der Waals surface area contributed by atoms with Crippen LogP contribution in [-0.4, -0.2) is 27.6 Å². The number of hydrogen-bond donors (Lipinski definition) is 0. The predicted octanol–water partition coefficient (Wildman–Crippen LogP) is 0.134. The molecule has 0 saturated carbocycles. The fourth-order valence-corrected chi connectivity index (χ4v) is 0.757. The summed E-state index contributed by atoms with van der Waals surface area (Å²) in [6.07, 6.45) is 3.36.